The van der Waals surface area contributed by atoms with E-state index in [1.54, 1.807) is 30.0 Å². The summed E-state index contributed by atoms with van der Waals surface area (Å²) in [5.41, 5.74) is 1.72. The zero-order chi connectivity index (χ0) is 23.4. The van der Waals surface area contributed by atoms with Crippen LogP contribution < -0.4 is 4.74 Å². The van der Waals surface area contributed by atoms with Gasteiger partial charge < -0.3 is 14.5 Å². The lowest BCUT2D eigenvalue weighted by Gasteiger charge is -2.34. The number of amides is 2. The number of ether oxygens (including phenoxy) is 1. The van der Waals surface area contributed by atoms with E-state index in [1.165, 1.54) is 23.9 Å². The van der Waals surface area contributed by atoms with Gasteiger partial charge in [-0.15, -0.1) is 0 Å². The zero-order valence-corrected chi connectivity index (χ0v) is 18.8. The van der Waals surface area contributed by atoms with Crippen LogP contribution in [0.5, 0.6) is 5.75 Å². The Bertz CT molecular complexity index is 1120. The molecule has 0 aliphatic carbocycles. The van der Waals surface area contributed by atoms with Gasteiger partial charge in [0.2, 0.25) is 5.91 Å². The molecule has 2 heterocycles. The van der Waals surface area contributed by atoms with Crippen LogP contribution in [0.4, 0.5) is 5.69 Å². The highest BCUT2D eigenvalue weighted by molar-refractivity contribution is 8.18. The van der Waals surface area contributed by atoms with E-state index in [2.05, 4.69) is 4.99 Å². The third-order valence-corrected chi connectivity index (χ3v) is 6.38. The number of non-ortho nitro benzene ring substituents is 1. The molecule has 170 valence electrons. The number of carbonyl (C=O) groups is 2. The first-order valence-electron chi connectivity index (χ1n) is 10.4. The van der Waals surface area contributed by atoms with Gasteiger partial charge in [-0.3, -0.25) is 19.7 Å². The summed E-state index contributed by atoms with van der Waals surface area (Å²) in [6, 6.07) is 13.6. The van der Waals surface area contributed by atoms with Crippen LogP contribution in [-0.2, 0) is 16.2 Å². The number of carbonyl (C=O) groups excluding carboxylic acids is 2. The molecule has 10 heteroatoms. The average molecular weight is 467 g/mol. The highest BCUT2D eigenvalue weighted by Crippen LogP contribution is 2.31. The van der Waals surface area contributed by atoms with Crippen molar-refractivity contribution in [3.63, 3.8) is 0 Å². The van der Waals surface area contributed by atoms with Crippen molar-refractivity contribution in [3.8, 4) is 5.75 Å². The van der Waals surface area contributed by atoms with E-state index >= 15 is 0 Å². The maximum absolute atomic E-state index is 12.4. The van der Waals surface area contributed by atoms with Crippen LogP contribution >= 0.6 is 11.8 Å². The number of piperazine rings is 1. The van der Waals surface area contributed by atoms with Crippen LogP contribution in [0.2, 0.25) is 0 Å². The summed E-state index contributed by atoms with van der Waals surface area (Å²) in [6.07, 6.45) is 1.80. The topological polar surface area (TPSA) is 105 Å². The number of nitro groups is 1. The summed E-state index contributed by atoms with van der Waals surface area (Å²) in [5.74, 6) is 0.455. The smallest absolute Gasteiger partial charge is 0.286 e. The lowest BCUT2D eigenvalue weighted by atomic mass is 10.2. The summed E-state index contributed by atoms with van der Waals surface area (Å²) < 4.78 is 5.74. The monoisotopic (exact) mass is 466 g/mol. The number of aliphatic imine (C=N–C) groups is 1. The number of benzene rings is 2. The van der Waals surface area contributed by atoms with Crippen molar-refractivity contribution < 1.29 is 19.2 Å². The molecule has 0 aromatic heterocycles. The van der Waals surface area contributed by atoms with Crippen LogP contribution in [0.3, 0.4) is 0 Å². The Kier molecular flexibility index (Phi) is 6.74. The molecule has 2 aromatic rings. The minimum atomic E-state index is -0.437. The molecule has 9 nitrogen and oxygen atoms in total. The molecule has 1 fully saturated rings. The van der Waals surface area contributed by atoms with Gasteiger partial charge >= 0.3 is 0 Å². The van der Waals surface area contributed by atoms with E-state index in [0.29, 0.717) is 48.6 Å². The predicted octanol–water partition coefficient (Wildman–Crippen LogP) is 3.31. The maximum atomic E-state index is 12.4. The first-order chi connectivity index (χ1) is 15.9. The molecule has 0 radical (unpaired) electrons. The van der Waals surface area contributed by atoms with Gasteiger partial charge in [0.05, 0.1) is 9.83 Å². The summed E-state index contributed by atoms with van der Waals surface area (Å²) in [6.45, 7) is 4.43. The van der Waals surface area contributed by atoms with Crippen molar-refractivity contribution in [1.29, 1.82) is 0 Å². The van der Waals surface area contributed by atoms with Crippen LogP contribution in [0.15, 0.2) is 58.4 Å². The summed E-state index contributed by atoms with van der Waals surface area (Å²) in [5, 5.41) is 11.4. The molecular formula is C23H22N4O5S. The van der Waals surface area contributed by atoms with Crippen LogP contribution in [0.25, 0.3) is 6.08 Å². The molecular weight excluding hydrogens is 444 g/mol. The first kappa shape index (κ1) is 22.5. The molecule has 0 N–H and O–H groups in total. The van der Waals surface area contributed by atoms with Gasteiger partial charge in [0.1, 0.15) is 12.4 Å². The molecule has 0 atom stereocenters. The molecule has 0 bridgehead atoms. The van der Waals surface area contributed by atoms with E-state index in [9.17, 15) is 19.7 Å². The van der Waals surface area contributed by atoms with Crippen molar-refractivity contribution in [2.45, 2.75) is 13.5 Å². The number of thioether (sulfide) groups is 1. The van der Waals surface area contributed by atoms with E-state index in [0.717, 1.165) is 11.1 Å². The number of nitrogens with zero attached hydrogens (tertiary/aromatic N) is 4. The molecule has 2 amide bonds. The second-order valence-corrected chi connectivity index (χ2v) is 8.59. The number of hydrogen-bond donors (Lipinski definition) is 0. The van der Waals surface area contributed by atoms with Crippen molar-refractivity contribution in [1.82, 2.24) is 9.80 Å². The number of hydrogen-bond acceptors (Lipinski definition) is 7. The highest BCUT2D eigenvalue weighted by atomic mass is 32.2. The van der Waals surface area contributed by atoms with Crippen LogP contribution in [0.1, 0.15) is 18.1 Å². The standard InChI is InChI=1S/C23H22N4O5S/c1-16(28)25-10-12-26(13-11-25)23-24-22(29)21(33-23)14-17-4-8-20(9-5-17)32-15-18-2-6-19(7-3-18)27(30)31/h2-9,14H,10-13,15H2,1H3. The summed E-state index contributed by atoms with van der Waals surface area (Å²) in [4.78, 5) is 42.7. The van der Waals surface area contributed by atoms with Gasteiger partial charge in [0.25, 0.3) is 11.6 Å². The van der Waals surface area contributed by atoms with Gasteiger partial charge in [0.15, 0.2) is 5.17 Å². The first-order valence-corrected chi connectivity index (χ1v) is 11.2. The van der Waals surface area contributed by atoms with Crippen molar-refractivity contribution in [2.24, 2.45) is 4.99 Å². The molecule has 2 aromatic carbocycles. The maximum Gasteiger partial charge on any atom is 0.286 e. The molecule has 0 unspecified atom stereocenters. The van der Waals surface area contributed by atoms with Gasteiger partial charge in [-0.05, 0) is 53.2 Å². The molecule has 0 spiro atoms. The van der Waals surface area contributed by atoms with E-state index in [1.807, 2.05) is 29.2 Å². The molecule has 4 rings (SSSR count). The zero-order valence-electron chi connectivity index (χ0n) is 18.0. The predicted molar refractivity (Wildman–Crippen MR) is 126 cm³/mol. The lowest BCUT2D eigenvalue weighted by molar-refractivity contribution is -0.384. The number of amidine groups is 1. The minimum absolute atomic E-state index is 0.0425. The van der Waals surface area contributed by atoms with Crippen molar-refractivity contribution >= 4 is 40.5 Å². The number of nitro benzene ring substituents is 1. The van der Waals surface area contributed by atoms with Gasteiger partial charge in [-0.25, -0.2) is 0 Å². The minimum Gasteiger partial charge on any atom is -0.489 e. The summed E-state index contributed by atoms with van der Waals surface area (Å²) >= 11 is 1.35. The van der Waals surface area contributed by atoms with Crippen LogP contribution in [-0.4, -0.2) is 57.9 Å². The van der Waals surface area contributed by atoms with E-state index < -0.39 is 4.92 Å². The third kappa shape index (κ3) is 5.58. The second-order valence-electron chi connectivity index (χ2n) is 7.58. The summed E-state index contributed by atoms with van der Waals surface area (Å²) in [7, 11) is 0. The molecule has 1 saturated heterocycles. The van der Waals surface area contributed by atoms with Crippen LogP contribution in [0, 0.1) is 10.1 Å². The Morgan fingerprint density at radius 2 is 1.79 bits per heavy atom. The Morgan fingerprint density at radius 1 is 1.12 bits per heavy atom. The fourth-order valence-electron chi connectivity index (χ4n) is 3.44. The quantitative estimate of drug-likeness (QED) is 0.378. The van der Waals surface area contributed by atoms with Crippen molar-refractivity contribution in [3.05, 3.63) is 74.7 Å². The van der Waals surface area contributed by atoms with Gasteiger partial charge in [0, 0.05) is 45.2 Å². The SMILES string of the molecule is CC(=O)N1CCN(C2=NC(=O)C(=Cc3ccc(OCc4ccc([N+](=O)[O-])cc4)cc3)S2)CC1. The largest absolute Gasteiger partial charge is 0.489 e. The third-order valence-electron chi connectivity index (χ3n) is 5.34. The average Bonchev–Trinajstić information content (AvgIpc) is 3.19. The Morgan fingerprint density at radius 3 is 2.39 bits per heavy atom. The normalized spacial score (nSPS) is 17.3. The molecule has 0 saturated carbocycles. The second kappa shape index (κ2) is 9.86. The fraction of sp³-hybridized carbons (Fsp3) is 0.261. The lowest BCUT2D eigenvalue weighted by Crippen LogP contribution is -2.49. The Hall–Kier alpha value is -3.66. The fourth-order valence-corrected chi connectivity index (χ4v) is 4.40. The van der Waals surface area contributed by atoms with Gasteiger partial charge in [-0.1, -0.05) is 12.1 Å². The van der Waals surface area contributed by atoms with Crippen molar-refractivity contribution in [2.75, 3.05) is 26.2 Å². The Balaban J connectivity index is 1.32. The highest BCUT2D eigenvalue weighted by Gasteiger charge is 2.28. The molecule has 2 aliphatic rings. The Labute approximate surface area is 194 Å². The molecule has 33 heavy (non-hydrogen) atoms. The molecule has 2 aliphatic heterocycles. The van der Waals surface area contributed by atoms with E-state index in [-0.39, 0.29) is 17.5 Å². The van der Waals surface area contributed by atoms with Gasteiger partial charge in [-0.2, -0.15) is 4.99 Å². The van der Waals surface area contributed by atoms with E-state index in [4.69, 9.17) is 4.74 Å². The number of rotatable bonds is 5.